The van der Waals surface area contributed by atoms with Gasteiger partial charge in [0.15, 0.2) is 0 Å². The molecular weight excluding hydrogens is 395 g/mol. The van der Waals surface area contributed by atoms with Gasteiger partial charge in [-0.15, -0.1) is 0 Å². The predicted molar refractivity (Wildman–Crippen MR) is 94.0 cm³/mol. The van der Waals surface area contributed by atoms with Crippen LogP contribution in [0.4, 0.5) is 22.0 Å². The summed E-state index contributed by atoms with van der Waals surface area (Å²) < 4.78 is 64.9. The van der Waals surface area contributed by atoms with Crippen molar-refractivity contribution in [2.24, 2.45) is 0 Å². The van der Waals surface area contributed by atoms with Crippen molar-refractivity contribution in [2.75, 3.05) is 26.2 Å². The minimum Gasteiger partial charge on any atom is -0.339 e. The number of piperazine rings is 1. The van der Waals surface area contributed by atoms with Crippen molar-refractivity contribution in [3.63, 3.8) is 0 Å². The number of rotatable bonds is 3. The Hall–Kier alpha value is -2.97. The maximum atomic E-state index is 13.4. The molecule has 0 N–H and O–H groups in total. The van der Waals surface area contributed by atoms with Gasteiger partial charge in [0, 0.05) is 31.7 Å². The van der Waals surface area contributed by atoms with Gasteiger partial charge in [-0.1, -0.05) is 12.1 Å². The number of halogens is 5. The molecule has 1 aliphatic rings. The summed E-state index contributed by atoms with van der Waals surface area (Å²) in [5, 5.41) is 0. The van der Waals surface area contributed by atoms with E-state index in [1.807, 2.05) is 0 Å². The molecule has 0 saturated carbocycles. The monoisotopic (exact) mass is 412 g/mol. The number of benzene rings is 2. The van der Waals surface area contributed by atoms with Gasteiger partial charge in [0.05, 0.1) is 12.0 Å². The summed E-state index contributed by atoms with van der Waals surface area (Å²) in [5.74, 6) is -2.68. The van der Waals surface area contributed by atoms with E-state index >= 15 is 0 Å². The highest BCUT2D eigenvalue weighted by molar-refractivity contribution is 5.94. The highest BCUT2D eigenvalue weighted by Crippen LogP contribution is 2.32. The largest absolute Gasteiger partial charge is 0.419 e. The second kappa shape index (κ2) is 8.18. The Morgan fingerprint density at radius 1 is 0.862 bits per heavy atom. The fourth-order valence-corrected chi connectivity index (χ4v) is 3.11. The zero-order valence-electron chi connectivity index (χ0n) is 15.2. The van der Waals surface area contributed by atoms with Gasteiger partial charge < -0.3 is 9.80 Å². The van der Waals surface area contributed by atoms with E-state index in [1.54, 1.807) is 4.90 Å². The van der Waals surface area contributed by atoms with Crippen LogP contribution in [-0.2, 0) is 17.4 Å². The highest BCUT2D eigenvalue weighted by atomic mass is 19.4. The third-order valence-corrected chi connectivity index (χ3v) is 4.71. The smallest absolute Gasteiger partial charge is 0.339 e. The Kier molecular flexibility index (Phi) is 5.86. The van der Waals surface area contributed by atoms with Crippen LogP contribution >= 0.6 is 0 Å². The van der Waals surface area contributed by atoms with Gasteiger partial charge in [-0.2, -0.15) is 13.2 Å². The number of amides is 2. The number of carbonyl (C=O) groups is 2. The van der Waals surface area contributed by atoms with Crippen molar-refractivity contribution in [3.8, 4) is 0 Å². The number of hydrogen-bond donors (Lipinski definition) is 0. The molecule has 2 aromatic rings. The van der Waals surface area contributed by atoms with Crippen LogP contribution in [0.5, 0.6) is 0 Å². The van der Waals surface area contributed by atoms with E-state index in [1.165, 1.54) is 29.2 Å². The van der Waals surface area contributed by atoms with Crippen LogP contribution < -0.4 is 0 Å². The molecule has 2 aromatic carbocycles. The summed E-state index contributed by atoms with van der Waals surface area (Å²) in [7, 11) is 0. The van der Waals surface area contributed by atoms with Crippen molar-refractivity contribution in [2.45, 2.75) is 12.6 Å². The molecule has 29 heavy (non-hydrogen) atoms. The van der Waals surface area contributed by atoms with E-state index in [0.717, 1.165) is 6.07 Å². The van der Waals surface area contributed by atoms with Gasteiger partial charge >= 0.3 is 6.18 Å². The van der Waals surface area contributed by atoms with E-state index < -0.39 is 29.3 Å². The van der Waals surface area contributed by atoms with Crippen molar-refractivity contribution in [3.05, 3.63) is 70.8 Å². The lowest BCUT2D eigenvalue weighted by Crippen LogP contribution is -2.51. The Morgan fingerprint density at radius 3 is 2.03 bits per heavy atom. The van der Waals surface area contributed by atoms with Crippen molar-refractivity contribution < 1.29 is 31.5 Å². The SMILES string of the molecule is O=C(Cc1ccc(F)cc1)N1CCN(C(=O)c2ccc(F)c(C(F)(F)F)c2)CC1. The van der Waals surface area contributed by atoms with Crippen LogP contribution in [-0.4, -0.2) is 47.8 Å². The summed E-state index contributed by atoms with van der Waals surface area (Å²) in [5.41, 5.74) is -1.10. The van der Waals surface area contributed by atoms with Gasteiger partial charge in [-0.05, 0) is 35.9 Å². The second-order valence-electron chi connectivity index (χ2n) is 6.67. The Balaban J connectivity index is 1.61. The minimum atomic E-state index is -4.90. The molecule has 2 amide bonds. The van der Waals surface area contributed by atoms with E-state index in [0.29, 0.717) is 17.7 Å². The molecule has 3 rings (SSSR count). The first-order chi connectivity index (χ1) is 13.6. The molecule has 0 radical (unpaired) electrons. The minimum absolute atomic E-state index is 0.0845. The normalized spacial score (nSPS) is 14.8. The summed E-state index contributed by atoms with van der Waals surface area (Å²) in [6, 6.07) is 7.69. The van der Waals surface area contributed by atoms with Gasteiger partial charge in [0.1, 0.15) is 11.6 Å². The molecule has 0 spiro atoms. The summed E-state index contributed by atoms with van der Waals surface area (Å²) in [6.07, 6.45) is -4.81. The highest BCUT2D eigenvalue weighted by Gasteiger charge is 2.35. The van der Waals surface area contributed by atoms with Gasteiger partial charge in [0.25, 0.3) is 5.91 Å². The lowest BCUT2D eigenvalue weighted by Gasteiger charge is -2.35. The van der Waals surface area contributed by atoms with Crippen LogP contribution in [0.1, 0.15) is 21.5 Å². The van der Waals surface area contributed by atoms with Gasteiger partial charge in [-0.3, -0.25) is 9.59 Å². The van der Waals surface area contributed by atoms with Gasteiger partial charge in [0.2, 0.25) is 5.91 Å². The maximum absolute atomic E-state index is 13.4. The molecule has 4 nitrogen and oxygen atoms in total. The zero-order valence-corrected chi connectivity index (χ0v) is 15.2. The quantitative estimate of drug-likeness (QED) is 0.724. The Labute approximate surface area is 163 Å². The molecule has 1 heterocycles. The molecule has 0 aliphatic carbocycles. The number of hydrogen-bond acceptors (Lipinski definition) is 2. The molecule has 9 heteroatoms. The number of nitrogens with zero attached hydrogens (tertiary/aromatic N) is 2. The predicted octanol–water partition coefficient (Wildman–Crippen LogP) is 3.51. The fourth-order valence-electron chi connectivity index (χ4n) is 3.11. The molecule has 0 bridgehead atoms. The first-order valence-corrected chi connectivity index (χ1v) is 8.83. The summed E-state index contributed by atoms with van der Waals surface area (Å²) in [6.45, 7) is 0.734. The third kappa shape index (κ3) is 4.90. The number of carbonyl (C=O) groups excluding carboxylic acids is 2. The lowest BCUT2D eigenvalue weighted by molar-refractivity contribution is -0.140. The Morgan fingerprint density at radius 2 is 1.45 bits per heavy atom. The first kappa shape index (κ1) is 20.8. The average molecular weight is 412 g/mol. The van der Waals surface area contributed by atoms with E-state index in [9.17, 15) is 31.5 Å². The molecule has 0 atom stereocenters. The van der Waals surface area contributed by atoms with Crippen LogP contribution in [0.2, 0.25) is 0 Å². The third-order valence-electron chi connectivity index (χ3n) is 4.71. The second-order valence-corrected chi connectivity index (χ2v) is 6.67. The van der Waals surface area contributed by atoms with Crippen LogP contribution in [0, 0.1) is 11.6 Å². The topological polar surface area (TPSA) is 40.6 Å². The molecule has 0 unspecified atom stereocenters. The number of alkyl halides is 3. The molecule has 1 fully saturated rings. The molecule has 0 aromatic heterocycles. The summed E-state index contributed by atoms with van der Waals surface area (Å²) >= 11 is 0. The standard InChI is InChI=1S/C20H17F5N2O2/c21-15-4-1-13(2-5-15)11-18(28)26-7-9-27(10-8-26)19(29)14-3-6-17(22)16(12-14)20(23,24)25/h1-6,12H,7-11H2. The van der Waals surface area contributed by atoms with E-state index in [4.69, 9.17) is 0 Å². The van der Waals surface area contributed by atoms with Crippen LogP contribution in [0.3, 0.4) is 0 Å². The van der Waals surface area contributed by atoms with Gasteiger partial charge in [-0.25, -0.2) is 8.78 Å². The fraction of sp³-hybridized carbons (Fsp3) is 0.300. The average Bonchev–Trinajstić information content (AvgIpc) is 2.69. The van der Waals surface area contributed by atoms with Crippen LogP contribution in [0.15, 0.2) is 42.5 Å². The molecule has 154 valence electrons. The lowest BCUT2D eigenvalue weighted by atomic mass is 10.1. The first-order valence-electron chi connectivity index (χ1n) is 8.83. The van der Waals surface area contributed by atoms with E-state index in [-0.39, 0.29) is 44.1 Å². The summed E-state index contributed by atoms with van der Waals surface area (Å²) in [4.78, 5) is 27.7. The van der Waals surface area contributed by atoms with Crippen molar-refractivity contribution in [1.29, 1.82) is 0 Å². The van der Waals surface area contributed by atoms with Crippen molar-refractivity contribution >= 4 is 11.8 Å². The Bertz CT molecular complexity index is 904. The van der Waals surface area contributed by atoms with Crippen molar-refractivity contribution in [1.82, 2.24) is 9.80 Å². The van der Waals surface area contributed by atoms with Crippen LogP contribution in [0.25, 0.3) is 0 Å². The molecule has 1 aliphatic heterocycles. The molecular formula is C20H17F5N2O2. The maximum Gasteiger partial charge on any atom is 0.419 e. The van der Waals surface area contributed by atoms with E-state index in [2.05, 4.69) is 0 Å². The molecule has 1 saturated heterocycles. The zero-order chi connectivity index (χ0) is 21.2.